The molecule has 0 radical (unpaired) electrons. The summed E-state index contributed by atoms with van der Waals surface area (Å²) in [6.45, 7) is 2.29. The van der Waals surface area contributed by atoms with Crippen molar-refractivity contribution in [3.63, 3.8) is 0 Å². The number of fused-ring (bicyclic) bond motifs is 3. The number of thioether (sulfide) groups is 1. The number of para-hydroxylation sites is 2. The van der Waals surface area contributed by atoms with Crippen LogP contribution in [0.4, 0.5) is 0 Å². The maximum Gasteiger partial charge on any atom is 0.264 e. The summed E-state index contributed by atoms with van der Waals surface area (Å²) < 4.78 is 40.4. The molecule has 58 heavy (non-hydrogen) atoms. The van der Waals surface area contributed by atoms with Gasteiger partial charge in [-0.15, -0.1) is 11.8 Å². The molecule has 0 saturated heterocycles. The number of carbonyl (C=O) groups is 1. The van der Waals surface area contributed by atoms with E-state index in [2.05, 4.69) is 56.0 Å². The van der Waals surface area contributed by atoms with Crippen LogP contribution in [-0.4, -0.2) is 48.3 Å². The molecule has 0 bridgehead atoms. The third-order valence-corrected chi connectivity index (χ3v) is 12.8. The van der Waals surface area contributed by atoms with E-state index in [1.165, 1.54) is 4.90 Å². The first-order chi connectivity index (χ1) is 28.4. The smallest absolute Gasteiger partial charge is 0.264 e. The van der Waals surface area contributed by atoms with Crippen molar-refractivity contribution in [2.45, 2.75) is 28.8 Å². The molecule has 2 aromatic heterocycles. The highest BCUT2D eigenvalue weighted by molar-refractivity contribution is 7.99. The number of aromatic nitrogens is 2. The van der Waals surface area contributed by atoms with E-state index < -0.39 is 15.9 Å². The number of sulfonamides is 1. The zero-order chi connectivity index (χ0) is 39.5. The van der Waals surface area contributed by atoms with Crippen LogP contribution in [0.5, 0.6) is 11.5 Å². The van der Waals surface area contributed by atoms with Crippen molar-refractivity contribution in [1.29, 1.82) is 0 Å². The van der Waals surface area contributed by atoms with Gasteiger partial charge in [0.25, 0.3) is 15.9 Å². The zero-order valence-electron chi connectivity index (χ0n) is 31.4. The predicted molar refractivity (Wildman–Crippen MR) is 229 cm³/mol. The molecule has 3 N–H and O–H groups in total. The van der Waals surface area contributed by atoms with Gasteiger partial charge in [0.1, 0.15) is 0 Å². The molecular formula is C47H40N4O5S2. The lowest BCUT2D eigenvalue weighted by Gasteiger charge is -2.23. The van der Waals surface area contributed by atoms with Crippen LogP contribution in [0.2, 0.25) is 0 Å². The minimum Gasteiger partial charge on any atom is -0.454 e. The number of ether oxygens (including phenoxy) is 2. The summed E-state index contributed by atoms with van der Waals surface area (Å²) in [6, 6.07) is 46.6. The van der Waals surface area contributed by atoms with Crippen LogP contribution in [0.25, 0.3) is 21.8 Å². The van der Waals surface area contributed by atoms with Crippen molar-refractivity contribution >= 4 is 49.5 Å². The van der Waals surface area contributed by atoms with Gasteiger partial charge in [0.05, 0.1) is 4.90 Å². The molecule has 8 aromatic rings. The van der Waals surface area contributed by atoms with E-state index >= 15 is 0 Å². The van der Waals surface area contributed by atoms with E-state index in [9.17, 15) is 13.2 Å². The van der Waals surface area contributed by atoms with Crippen LogP contribution in [0, 0.1) is 0 Å². The maximum absolute atomic E-state index is 13.5. The molecule has 0 aliphatic carbocycles. The molecular weight excluding hydrogens is 765 g/mol. The number of nitrogens with zero attached hydrogens (tertiary/aromatic N) is 1. The highest BCUT2D eigenvalue weighted by Gasteiger charge is 2.25. The van der Waals surface area contributed by atoms with E-state index in [0.717, 1.165) is 73.4 Å². The van der Waals surface area contributed by atoms with Gasteiger partial charge in [-0.3, -0.25) is 9.69 Å². The monoisotopic (exact) mass is 804 g/mol. The van der Waals surface area contributed by atoms with E-state index in [4.69, 9.17) is 9.47 Å². The predicted octanol–water partition coefficient (Wildman–Crippen LogP) is 9.47. The SMILES string of the molecule is O=C(NS(=O)(=O)c1ccc(CN(CCSc2ccccc2)Cc2ccc3c(c2)OCO3)cc1)c1ccc(C(c2c[nH]c3ccccc23)c2c[nH]c3ccccc23)cc1. The number of carbonyl (C=O) groups excluding carboxylic acids is 1. The second-order valence-corrected chi connectivity index (χ2v) is 17.1. The summed E-state index contributed by atoms with van der Waals surface area (Å²) in [5, 5.41) is 2.22. The Hall–Kier alpha value is -6.27. The fraction of sp³-hybridized carbons (Fsp3) is 0.128. The van der Waals surface area contributed by atoms with Crippen molar-refractivity contribution in [3.05, 3.63) is 191 Å². The topological polar surface area (TPSA) is 117 Å². The minimum absolute atomic E-state index is 0.0157. The van der Waals surface area contributed by atoms with Gasteiger partial charge in [-0.2, -0.15) is 0 Å². The van der Waals surface area contributed by atoms with Crippen LogP contribution < -0.4 is 14.2 Å². The molecule has 1 aliphatic heterocycles. The second-order valence-electron chi connectivity index (χ2n) is 14.3. The van der Waals surface area contributed by atoms with Crippen LogP contribution in [0.15, 0.2) is 168 Å². The number of rotatable bonds is 14. The minimum atomic E-state index is -4.15. The molecule has 1 amide bonds. The molecule has 3 heterocycles. The third kappa shape index (κ3) is 7.97. The number of amides is 1. The molecule has 0 saturated carbocycles. The van der Waals surface area contributed by atoms with Crippen molar-refractivity contribution < 1.29 is 22.7 Å². The second kappa shape index (κ2) is 16.3. The molecule has 0 fully saturated rings. The van der Waals surface area contributed by atoms with Crippen LogP contribution in [-0.2, 0) is 23.1 Å². The largest absolute Gasteiger partial charge is 0.454 e. The first-order valence-corrected chi connectivity index (χ1v) is 21.5. The summed E-state index contributed by atoms with van der Waals surface area (Å²) in [5.41, 5.74) is 7.53. The summed E-state index contributed by atoms with van der Waals surface area (Å²) in [6.07, 6.45) is 4.08. The van der Waals surface area contributed by atoms with E-state index in [1.54, 1.807) is 48.2 Å². The van der Waals surface area contributed by atoms with Crippen LogP contribution in [0.1, 0.15) is 44.1 Å². The Morgan fingerprint density at radius 3 is 1.98 bits per heavy atom. The average Bonchev–Trinajstić information content (AvgIpc) is 4.01. The van der Waals surface area contributed by atoms with Crippen molar-refractivity contribution in [1.82, 2.24) is 19.6 Å². The first-order valence-electron chi connectivity index (χ1n) is 19.0. The van der Waals surface area contributed by atoms with Gasteiger partial charge >= 0.3 is 0 Å². The van der Waals surface area contributed by atoms with Gasteiger partial charge in [0.15, 0.2) is 11.5 Å². The van der Waals surface area contributed by atoms with Crippen molar-refractivity contribution in [2.24, 2.45) is 0 Å². The van der Waals surface area contributed by atoms with Gasteiger partial charge in [-0.1, -0.05) is 84.9 Å². The van der Waals surface area contributed by atoms with Gasteiger partial charge in [-0.05, 0) is 88.5 Å². The maximum atomic E-state index is 13.5. The quantitative estimate of drug-likeness (QED) is 0.0939. The molecule has 0 atom stereocenters. The van der Waals surface area contributed by atoms with Gasteiger partial charge in [0, 0.05) is 76.0 Å². The van der Waals surface area contributed by atoms with E-state index in [1.807, 2.05) is 85.2 Å². The Kier molecular flexibility index (Phi) is 10.5. The highest BCUT2D eigenvalue weighted by Crippen LogP contribution is 2.39. The van der Waals surface area contributed by atoms with Gasteiger partial charge < -0.3 is 19.4 Å². The highest BCUT2D eigenvalue weighted by atomic mass is 32.2. The third-order valence-electron chi connectivity index (χ3n) is 10.5. The number of hydrogen-bond donors (Lipinski definition) is 3. The Labute approximate surface area is 341 Å². The number of H-pyrrole nitrogens is 2. The van der Waals surface area contributed by atoms with Crippen LogP contribution >= 0.6 is 11.8 Å². The Morgan fingerprint density at radius 1 is 0.690 bits per heavy atom. The number of nitrogens with one attached hydrogen (secondary N) is 3. The Morgan fingerprint density at radius 2 is 1.29 bits per heavy atom. The van der Waals surface area contributed by atoms with Crippen molar-refractivity contribution in [3.8, 4) is 11.5 Å². The molecule has 290 valence electrons. The Balaban J connectivity index is 0.900. The standard InChI is InChI=1S/C47H40N4O5S2/c52-47(35-19-17-34(18-20-35)46(40-27-48-42-12-6-4-10-38(40)42)41-28-49-43-13-7-5-11-39(41)43)50-58(53,54)37-21-14-32(15-22-37)29-51(24-25-57-36-8-2-1-3-9-36)30-33-16-23-44-45(26-33)56-31-55-44/h1-23,26-28,46,48-49H,24-25,29-31H2,(H,50,52). The van der Waals surface area contributed by atoms with E-state index in [0.29, 0.717) is 13.1 Å². The van der Waals surface area contributed by atoms with E-state index in [-0.39, 0.29) is 23.2 Å². The van der Waals surface area contributed by atoms with Gasteiger partial charge in [-0.25, -0.2) is 13.1 Å². The first kappa shape index (κ1) is 37.3. The fourth-order valence-electron chi connectivity index (χ4n) is 7.61. The molecule has 9 rings (SSSR count). The summed E-state index contributed by atoms with van der Waals surface area (Å²) >= 11 is 1.79. The average molecular weight is 805 g/mol. The molecule has 0 spiro atoms. The lowest BCUT2D eigenvalue weighted by Crippen LogP contribution is -2.30. The van der Waals surface area contributed by atoms with Crippen molar-refractivity contribution in [2.75, 3.05) is 19.1 Å². The molecule has 11 heteroatoms. The summed E-state index contributed by atoms with van der Waals surface area (Å²) in [7, 11) is -4.15. The molecule has 0 unspecified atom stereocenters. The summed E-state index contributed by atoms with van der Waals surface area (Å²) in [4.78, 5) is 23.8. The number of benzene rings is 6. The fourth-order valence-corrected chi connectivity index (χ4v) is 9.52. The number of hydrogen-bond acceptors (Lipinski definition) is 7. The normalized spacial score (nSPS) is 12.5. The Bertz CT molecular complexity index is 2750. The zero-order valence-corrected chi connectivity index (χ0v) is 33.1. The molecule has 9 nitrogen and oxygen atoms in total. The number of aromatic amines is 2. The van der Waals surface area contributed by atoms with Crippen LogP contribution in [0.3, 0.4) is 0 Å². The molecule has 6 aromatic carbocycles. The molecule has 1 aliphatic rings. The summed E-state index contributed by atoms with van der Waals surface area (Å²) in [5.74, 6) is 1.51. The van der Waals surface area contributed by atoms with Gasteiger partial charge in [0.2, 0.25) is 6.79 Å². The lowest BCUT2D eigenvalue weighted by molar-refractivity contribution is 0.0981. The lowest BCUT2D eigenvalue weighted by atomic mass is 9.84.